The molecule has 2 amide bonds. The minimum Gasteiger partial charge on any atom is -0.296 e. The largest absolute Gasteiger partial charge is 0.296 e. The molecule has 78 valence electrons. The first kappa shape index (κ1) is 9.76. The molecule has 1 aromatic rings. The van der Waals surface area contributed by atoms with E-state index in [9.17, 15) is 14.0 Å². The van der Waals surface area contributed by atoms with E-state index in [1.165, 1.54) is 12.1 Å². The number of carbonyl (C=O) groups excluding carboxylic acids is 2. The van der Waals surface area contributed by atoms with Gasteiger partial charge in [-0.2, -0.15) is 0 Å². The molecule has 2 rings (SSSR count). The van der Waals surface area contributed by atoms with Crippen LogP contribution in [0.25, 0.3) is 0 Å². The molecule has 1 saturated heterocycles. The summed E-state index contributed by atoms with van der Waals surface area (Å²) < 4.78 is 12.6. The second kappa shape index (κ2) is 3.12. The zero-order chi connectivity index (χ0) is 11.1. The Morgan fingerprint density at radius 3 is 2.67 bits per heavy atom. The highest BCUT2D eigenvalue weighted by atomic mass is 19.1. The number of pyridine rings is 1. The Kier molecular flexibility index (Phi) is 2.03. The fourth-order valence-corrected chi connectivity index (χ4v) is 1.62. The average molecular weight is 208 g/mol. The Labute approximate surface area is 85.5 Å². The van der Waals surface area contributed by atoms with Crippen molar-refractivity contribution >= 4 is 11.8 Å². The average Bonchev–Trinajstić information content (AvgIpc) is 2.42. The summed E-state index contributed by atoms with van der Waals surface area (Å²) in [6, 6.07) is 2.65. The zero-order valence-corrected chi connectivity index (χ0v) is 8.08. The quantitative estimate of drug-likeness (QED) is 0.684. The van der Waals surface area contributed by atoms with Crippen molar-refractivity contribution < 1.29 is 14.0 Å². The van der Waals surface area contributed by atoms with Crippen LogP contribution in [0.3, 0.4) is 0 Å². The number of nitrogens with one attached hydrogen (secondary N) is 1. The van der Waals surface area contributed by atoms with E-state index in [2.05, 4.69) is 10.3 Å². The summed E-state index contributed by atoms with van der Waals surface area (Å²) in [5.74, 6) is -1.17. The highest BCUT2D eigenvalue weighted by molar-refractivity contribution is 6.08. The summed E-state index contributed by atoms with van der Waals surface area (Å²) >= 11 is 0. The van der Waals surface area contributed by atoms with Crippen LogP contribution >= 0.6 is 0 Å². The van der Waals surface area contributed by atoms with Crippen LogP contribution in [0.4, 0.5) is 4.39 Å². The van der Waals surface area contributed by atoms with Crippen molar-refractivity contribution in [3.63, 3.8) is 0 Å². The van der Waals surface area contributed by atoms with E-state index < -0.39 is 11.2 Å². The van der Waals surface area contributed by atoms with Crippen LogP contribution in [-0.4, -0.2) is 16.8 Å². The lowest BCUT2D eigenvalue weighted by molar-refractivity contribution is -0.126. The van der Waals surface area contributed by atoms with Crippen molar-refractivity contribution in [1.82, 2.24) is 10.3 Å². The molecule has 1 aliphatic heterocycles. The van der Waals surface area contributed by atoms with Crippen molar-refractivity contribution in [1.29, 1.82) is 0 Å². The zero-order valence-electron chi connectivity index (χ0n) is 8.08. The maximum absolute atomic E-state index is 12.6. The van der Waals surface area contributed by atoms with Gasteiger partial charge in [-0.1, -0.05) is 0 Å². The molecule has 0 spiro atoms. The Morgan fingerprint density at radius 1 is 1.47 bits per heavy atom. The fraction of sp³-hybridized carbons (Fsp3) is 0.300. The maximum atomic E-state index is 12.6. The lowest BCUT2D eigenvalue weighted by Crippen LogP contribution is -2.33. The second-order valence-electron chi connectivity index (χ2n) is 3.75. The lowest BCUT2D eigenvalue weighted by Gasteiger charge is -2.18. The first-order valence-corrected chi connectivity index (χ1v) is 4.49. The monoisotopic (exact) mass is 208 g/mol. The van der Waals surface area contributed by atoms with Gasteiger partial charge in [-0.25, -0.2) is 4.39 Å². The van der Waals surface area contributed by atoms with Crippen molar-refractivity contribution in [2.75, 3.05) is 0 Å². The molecule has 1 aliphatic rings. The molecule has 1 N–H and O–H groups in total. The summed E-state index contributed by atoms with van der Waals surface area (Å²) in [6.07, 6.45) is 1.10. The van der Waals surface area contributed by atoms with Crippen LogP contribution in [0.5, 0.6) is 0 Å². The van der Waals surface area contributed by atoms with E-state index in [0.717, 1.165) is 6.20 Å². The predicted octanol–water partition coefficient (Wildman–Crippen LogP) is 0.525. The molecule has 0 bridgehead atoms. The number of nitrogens with zero attached hydrogens (tertiary/aromatic N) is 1. The Hall–Kier alpha value is -1.78. The SMILES string of the molecule is CC1(c2ccc(F)cn2)CC(=O)NC1=O. The molecule has 5 heteroatoms. The molecule has 2 heterocycles. The van der Waals surface area contributed by atoms with Gasteiger partial charge < -0.3 is 0 Å². The van der Waals surface area contributed by atoms with E-state index >= 15 is 0 Å². The van der Waals surface area contributed by atoms with Crippen molar-refractivity contribution in [3.05, 3.63) is 29.8 Å². The van der Waals surface area contributed by atoms with Gasteiger partial charge in [-0.3, -0.25) is 19.9 Å². The van der Waals surface area contributed by atoms with Crippen LogP contribution in [0.15, 0.2) is 18.3 Å². The molecular weight excluding hydrogens is 199 g/mol. The first-order chi connectivity index (χ1) is 7.02. The molecule has 1 aromatic heterocycles. The number of amides is 2. The van der Waals surface area contributed by atoms with Crippen LogP contribution in [0.2, 0.25) is 0 Å². The lowest BCUT2D eigenvalue weighted by atomic mass is 9.84. The Balaban J connectivity index is 2.41. The third kappa shape index (κ3) is 1.49. The van der Waals surface area contributed by atoms with E-state index in [1.54, 1.807) is 6.92 Å². The molecule has 15 heavy (non-hydrogen) atoms. The summed E-state index contributed by atoms with van der Waals surface area (Å²) in [4.78, 5) is 26.4. The number of aromatic nitrogens is 1. The van der Waals surface area contributed by atoms with Crippen LogP contribution in [0, 0.1) is 5.82 Å². The predicted molar refractivity (Wildman–Crippen MR) is 49.3 cm³/mol. The van der Waals surface area contributed by atoms with Gasteiger partial charge in [-0.15, -0.1) is 0 Å². The van der Waals surface area contributed by atoms with Gasteiger partial charge in [0.25, 0.3) is 0 Å². The van der Waals surface area contributed by atoms with Gasteiger partial charge in [0.15, 0.2) is 0 Å². The molecule has 1 unspecified atom stereocenters. The molecule has 1 atom stereocenters. The molecule has 0 radical (unpaired) electrons. The summed E-state index contributed by atoms with van der Waals surface area (Å²) in [6.45, 7) is 1.62. The van der Waals surface area contributed by atoms with Crippen molar-refractivity contribution in [2.45, 2.75) is 18.8 Å². The number of imide groups is 1. The third-order valence-corrected chi connectivity index (χ3v) is 2.56. The minimum absolute atomic E-state index is 0.0600. The maximum Gasteiger partial charge on any atom is 0.239 e. The highest BCUT2D eigenvalue weighted by Crippen LogP contribution is 2.30. The fourth-order valence-electron chi connectivity index (χ4n) is 1.62. The molecule has 4 nitrogen and oxygen atoms in total. The van der Waals surface area contributed by atoms with Gasteiger partial charge in [0.1, 0.15) is 5.82 Å². The van der Waals surface area contributed by atoms with E-state index in [1.807, 2.05) is 0 Å². The molecule has 1 fully saturated rings. The summed E-state index contributed by atoms with van der Waals surface area (Å²) in [7, 11) is 0. The van der Waals surface area contributed by atoms with Gasteiger partial charge >= 0.3 is 0 Å². The Bertz CT molecular complexity index is 430. The normalized spacial score (nSPS) is 25.5. The molecular formula is C10H9FN2O2. The van der Waals surface area contributed by atoms with E-state index in [4.69, 9.17) is 0 Å². The molecule has 0 saturated carbocycles. The molecule has 0 aromatic carbocycles. The number of hydrogen-bond acceptors (Lipinski definition) is 3. The minimum atomic E-state index is -0.967. The van der Waals surface area contributed by atoms with Gasteiger partial charge in [0, 0.05) is 6.42 Å². The van der Waals surface area contributed by atoms with Crippen LogP contribution in [-0.2, 0) is 15.0 Å². The second-order valence-corrected chi connectivity index (χ2v) is 3.75. The first-order valence-electron chi connectivity index (χ1n) is 4.49. The standard InChI is InChI=1S/C10H9FN2O2/c1-10(4-8(14)13-9(10)15)7-3-2-6(11)5-12-7/h2-3,5H,4H2,1H3,(H,13,14,15). The summed E-state index contributed by atoms with van der Waals surface area (Å²) in [5.41, 5.74) is -0.558. The number of carbonyl (C=O) groups is 2. The van der Waals surface area contributed by atoms with Gasteiger partial charge in [-0.05, 0) is 19.1 Å². The van der Waals surface area contributed by atoms with Crippen molar-refractivity contribution in [2.24, 2.45) is 0 Å². The van der Waals surface area contributed by atoms with Gasteiger partial charge in [0.2, 0.25) is 11.8 Å². The van der Waals surface area contributed by atoms with E-state index in [-0.39, 0.29) is 18.2 Å². The van der Waals surface area contributed by atoms with Crippen LogP contribution < -0.4 is 5.32 Å². The van der Waals surface area contributed by atoms with E-state index in [0.29, 0.717) is 5.69 Å². The number of rotatable bonds is 1. The number of hydrogen-bond donors (Lipinski definition) is 1. The topological polar surface area (TPSA) is 59.1 Å². The number of halogens is 1. The third-order valence-electron chi connectivity index (χ3n) is 2.56. The molecule has 0 aliphatic carbocycles. The van der Waals surface area contributed by atoms with Crippen molar-refractivity contribution in [3.8, 4) is 0 Å². The van der Waals surface area contributed by atoms with Gasteiger partial charge in [0.05, 0.1) is 17.3 Å². The smallest absolute Gasteiger partial charge is 0.239 e. The van der Waals surface area contributed by atoms with Crippen LogP contribution in [0.1, 0.15) is 19.0 Å². The Morgan fingerprint density at radius 2 is 2.20 bits per heavy atom. The highest BCUT2D eigenvalue weighted by Gasteiger charge is 2.45. The summed E-state index contributed by atoms with van der Waals surface area (Å²) in [5, 5.41) is 2.21.